The Morgan fingerprint density at radius 1 is 1.39 bits per heavy atom. The summed E-state index contributed by atoms with van der Waals surface area (Å²) in [6, 6.07) is 6.04. The minimum Gasteiger partial charge on any atom is -0.326 e. The SMILES string of the molecule is O=C(Nc1ccc2c(c1)CNCC2)[C@H]1CC1(Cl)Cl. The molecule has 18 heavy (non-hydrogen) atoms. The van der Waals surface area contributed by atoms with E-state index in [2.05, 4.69) is 16.7 Å². The Morgan fingerprint density at radius 2 is 2.17 bits per heavy atom. The molecular formula is C13H14Cl2N2O. The number of hydrogen-bond acceptors (Lipinski definition) is 2. The Hall–Kier alpha value is -0.770. The van der Waals surface area contributed by atoms with Crippen molar-refractivity contribution >= 4 is 34.8 Å². The van der Waals surface area contributed by atoms with Gasteiger partial charge in [-0.2, -0.15) is 0 Å². The molecule has 1 atom stereocenters. The van der Waals surface area contributed by atoms with Gasteiger partial charge in [0, 0.05) is 12.2 Å². The number of nitrogens with one attached hydrogen (secondary N) is 2. The number of benzene rings is 1. The first-order valence-electron chi connectivity index (χ1n) is 6.07. The summed E-state index contributed by atoms with van der Waals surface area (Å²) in [4.78, 5) is 11.9. The van der Waals surface area contributed by atoms with Crippen molar-refractivity contribution in [1.82, 2.24) is 5.32 Å². The summed E-state index contributed by atoms with van der Waals surface area (Å²) in [7, 11) is 0. The number of fused-ring (bicyclic) bond motifs is 1. The summed E-state index contributed by atoms with van der Waals surface area (Å²) in [6.45, 7) is 1.87. The van der Waals surface area contributed by atoms with Crippen molar-refractivity contribution in [2.24, 2.45) is 5.92 Å². The molecule has 1 amide bonds. The minimum absolute atomic E-state index is 0.0938. The Balaban J connectivity index is 1.72. The van der Waals surface area contributed by atoms with Crippen LogP contribution in [-0.2, 0) is 17.8 Å². The molecule has 0 bridgehead atoms. The minimum atomic E-state index is -0.861. The van der Waals surface area contributed by atoms with E-state index in [4.69, 9.17) is 23.2 Å². The van der Waals surface area contributed by atoms with Gasteiger partial charge in [0.15, 0.2) is 0 Å². The highest BCUT2D eigenvalue weighted by Crippen LogP contribution is 2.53. The number of rotatable bonds is 2. The molecule has 1 fully saturated rings. The van der Waals surface area contributed by atoms with E-state index in [9.17, 15) is 4.79 Å². The van der Waals surface area contributed by atoms with E-state index in [0.29, 0.717) is 6.42 Å². The first-order chi connectivity index (χ1) is 8.56. The third-order valence-electron chi connectivity index (χ3n) is 3.50. The van der Waals surface area contributed by atoms with Crippen molar-refractivity contribution in [3.63, 3.8) is 0 Å². The molecule has 3 nitrogen and oxygen atoms in total. The number of hydrogen-bond donors (Lipinski definition) is 2. The molecule has 0 radical (unpaired) electrons. The average molecular weight is 285 g/mol. The van der Waals surface area contributed by atoms with E-state index in [-0.39, 0.29) is 11.8 Å². The van der Waals surface area contributed by atoms with Crippen LogP contribution in [0.15, 0.2) is 18.2 Å². The van der Waals surface area contributed by atoms with Crippen LogP contribution < -0.4 is 10.6 Å². The fourth-order valence-corrected chi connectivity index (χ4v) is 2.79. The molecule has 5 heteroatoms. The molecule has 1 aliphatic heterocycles. The molecule has 1 aromatic carbocycles. The maximum absolute atomic E-state index is 11.9. The molecule has 1 heterocycles. The highest BCUT2D eigenvalue weighted by molar-refractivity contribution is 6.52. The lowest BCUT2D eigenvalue weighted by atomic mass is 10.0. The molecule has 2 aliphatic rings. The lowest BCUT2D eigenvalue weighted by Gasteiger charge is -2.18. The maximum Gasteiger partial charge on any atom is 0.230 e. The second-order valence-corrected chi connectivity index (χ2v) is 6.46. The van der Waals surface area contributed by atoms with Crippen molar-refractivity contribution < 1.29 is 4.79 Å². The summed E-state index contributed by atoms with van der Waals surface area (Å²) >= 11 is 11.8. The molecule has 96 valence electrons. The fraction of sp³-hybridized carbons (Fsp3) is 0.462. The van der Waals surface area contributed by atoms with Gasteiger partial charge in [0.1, 0.15) is 4.33 Å². The average Bonchev–Trinajstić information content (AvgIpc) is 2.98. The number of anilines is 1. The zero-order valence-corrected chi connectivity index (χ0v) is 11.3. The third-order valence-corrected chi connectivity index (χ3v) is 4.34. The molecule has 0 unspecified atom stereocenters. The Bertz CT molecular complexity index is 502. The highest BCUT2D eigenvalue weighted by Gasteiger charge is 2.56. The maximum atomic E-state index is 11.9. The molecule has 0 saturated heterocycles. The molecule has 3 rings (SSSR count). The standard InChI is InChI=1S/C13H14Cl2N2O/c14-13(15)6-11(13)12(18)17-10-2-1-8-3-4-16-7-9(8)5-10/h1-2,5,11,16H,3-4,6-7H2,(H,17,18)/t11-/m1/s1. The van der Waals surface area contributed by atoms with E-state index in [0.717, 1.165) is 25.2 Å². The summed E-state index contributed by atoms with van der Waals surface area (Å²) in [5.41, 5.74) is 3.42. The largest absolute Gasteiger partial charge is 0.326 e. The monoisotopic (exact) mass is 284 g/mol. The molecule has 1 aromatic rings. The molecular weight excluding hydrogens is 271 g/mol. The summed E-state index contributed by atoms with van der Waals surface area (Å²) < 4.78 is -0.861. The van der Waals surface area contributed by atoms with Crippen LogP contribution in [-0.4, -0.2) is 16.8 Å². The fourth-order valence-electron chi connectivity index (χ4n) is 2.29. The first-order valence-corrected chi connectivity index (χ1v) is 6.83. The summed E-state index contributed by atoms with van der Waals surface area (Å²) in [5, 5.41) is 6.19. The molecule has 0 aromatic heterocycles. The number of carbonyl (C=O) groups is 1. The van der Waals surface area contributed by atoms with Crippen LogP contribution in [0.4, 0.5) is 5.69 Å². The predicted octanol–water partition coefficient (Wildman–Crippen LogP) is 2.46. The summed E-state index contributed by atoms with van der Waals surface area (Å²) in [6.07, 6.45) is 1.58. The van der Waals surface area contributed by atoms with E-state index in [1.807, 2.05) is 12.1 Å². The predicted molar refractivity (Wildman–Crippen MR) is 73.0 cm³/mol. The zero-order chi connectivity index (χ0) is 12.8. The van der Waals surface area contributed by atoms with Gasteiger partial charge in [-0.3, -0.25) is 4.79 Å². The van der Waals surface area contributed by atoms with Gasteiger partial charge in [-0.05, 0) is 42.6 Å². The van der Waals surface area contributed by atoms with Crippen LogP contribution in [0, 0.1) is 5.92 Å². The topological polar surface area (TPSA) is 41.1 Å². The molecule has 1 saturated carbocycles. The smallest absolute Gasteiger partial charge is 0.230 e. The molecule has 2 N–H and O–H groups in total. The van der Waals surface area contributed by atoms with Crippen LogP contribution in [0.2, 0.25) is 0 Å². The van der Waals surface area contributed by atoms with Crippen molar-refractivity contribution in [1.29, 1.82) is 0 Å². The van der Waals surface area contributed by atoms with E-state index >= 15 is 0 Å². The lowest BCUT2D eigenvalue weighted by molar-refractivity contribution is -0.117. The number of amides is 1. The lowest BCUT2D eigenvalue weighted by Crippen LogP contribution is -2.24. The quantitative estimate of drug-likeness (QED) is 0.820. The van der Waals surface area contributed by atoms with Gasteiger partial charge in [-0.25, -0.2) is 0 Å². The van der Waals surface area contributed by atoms with Crippen LogP contribution in [0.1, 0.15) is 17.5 Å². The molecule has 0 spiro atoms. The van der Waals surface area contributed by atoms with Gasteiger partial charge >= 0.3 is 0 Å². The van der Waals surface area contributed by atoms with E-state index in [1.165, 1.54) is 11.1 Å². The summed E-state index contributed by atoms with van der Waals surface area (Å²) in [5.74, 6) is -0.376. The zero-order valence-electron chi connectivity index (χ0n) is 9.80. The highest BCUT2D eigenvalue weighted by atomic mass is 35.5. The number of halogens is 2. The van der Waals surface area contributed by atoms with Crippen LogP contribution in [0.5, 0.6) is 0 Å². The Labute approximate surface area is 116 Å². The van der Waals surface area contributed by atoms with E-state index in [1.54, 1.807) is 0 Å². The van der Waals surface area contributed by atoms with Gasteiger partial charge in [0.25, 0.3) is 0 Å². The Kier molecular flexibility index (Phi) is 3.00. The van der Waals surface area contributed by atoms with Crippen molar-refractivity contribution in [3.05, 3.63) is 29.3 Å². The third kappa shape index (κ3) is 2.35. The van der Waals surface area contributed by atoms with Gasteiger partial charge in [0.05, 0.1) is 5.92 Å². The van der Waals surface area contributed by atoms with E-state index < -0.39 is 4.33 Å². The van der Waals surface area contributed by atoms with Crippen molar-refractivity contribution in [2.45, 2.75) is 23.7 Å². The number of carbonyl (C=O) groups excluding carboxylic acids is 1. The van der Waals surface area contributed by atoms with Gasteiger partial charge in [-0.15, -0.1) is 23.2 Å². The van der Waals surface area contributed by atoms with Crippen molar-refractivity contribution in [2.75, 3.05) is 11.9 Å². The normalized spacial score (nSPS) is 24.2. The van der Waals surface area contributed by atoms with Crippen LogP contribution >= 0.6 is 23.2 Å². The molecule has 1 aliphatic carbocycles. The van der Waals surface area contributed by atoms with Crippen LogP contribution in [0.3, 0.4) is 0 Å². The second-order valence-electron chi connectivity index (χ2n) is 4.92. The van der Waals surface area contributed by atoms with Gasteiger partial charge in [0.2, 0.25) is 5.91 Å². The number of alkyl halides is 2. The van der Waals surface area contributed by atoms with Gasteiger partial charge in [-0.1, -0.05) is 6.07 Å². The second kappa shape index (κ2) is 4.41. The van der Waals surface area contributed by atoms with Crippen molar-refractivity contribution in [3.8, 4) is 0 Å². The van der Waals surface area contributed by atoms with Crippen LogP contribution in [0.25, 0.3) is 0 Å². The Morgan fingerprint density at radius 3 is 2.89 bits per heavy atom. The van der Waals surface area contributed by atoms with Gasteiger partial charge < -0.3 is 10.6 Å². The first kappa shape index (κ1) is 12.3.